The van der Waals surface area contributed by atoms with Crippen molar-refractivity contribution in [1.82, 2.24) is 20.5 Å². The Hall–Kier alpha value is -2.37. The molecule has 0 bridgehead atoms. The lowest BCUT2D eigenvalue weighted by atomic mass is 10.1. The van der Waals surface area contributed by atoms with Gasteiger partial charge in [-0.05, 0) is 26.0 Å². The number of H-pyrrole nitrogens is 1. The van der Waals surface area contributed by atoms with Crippen LogP contribution in [0.25, 0.3) is 0 Å². The predicted molar refractivity (Wildman–Crippen MR) is 65.1 cm³/mol. The van der Waals surface area contributed by atoms with E-state index < -0.39 is 0 Å². The normalized spacial score (nSPS) is 12.1. The van der Waals surface area contributed by atoms with E-state index in [1.54, 1.807) is 32.0 Å². The van der Waals surface area contributed by atoms with E-state index in [0.717, 1.165) is 0 Å². The molecule has 1 aromatic carbocycles. The number of rotatable bonds is 3. The van der Waals surface area contributed by atoms with Gasteiger partial charge in [0.05, 0.1) is 6.04 Å². The number of phenols is 1. The van der Waals surface area contributed by atoms with Crippen LogP contribution in [0.2, 0.25) is 0 Å². The van der Waals surface area contributed by atoms with E-state index in [2.05, 4.69) is 20.5 Å². The van der Waals surface area contributed by atoms with Crippen molar-refractivity contribution in [3.8, 4) is 5.75 Å². The third-order valence-electron chi connectivity index (χ3n) is 2.74. The van der Waals surface area contributed by atoms with Gasteiger partial charge in [0.15, 0.2) is 0 Å². The average Bonchev–Trinajstić information content (AvgIpc) is 2.86. The van der Waals surface area contributed by atoms with Crippen molar-refractivity contribution < 1.29 is 9.90 Å². The SMILES string of the molecule is Cc1c(O)cccc1C(=O)NC(C)c1ncn[nH]1. The van der Waals surface area contributed by atoms with E-state index in [9.17, 15) is 9.90 Å². The fourth-order valence-electron chi connectivity index (χ4n) is 1.64. The minimum absolute atomic E-state index is 0.106. The Bertz CT molecular complexity index is 551. The van der Waals surface area contributed by atoms with E-state index in [1.165, 1.54) is 6.33 Å². The number of aromatic amines is 1. The summed E-state index contributed by atoms with van der Waals surface area (Å²) in [6, 6.07) is 4.57. The van der Waals surface area contributed by atoms with Crippen LogP contribution in [-0.2, 0) is 0 Å². The lowest BCUT2D eigenvalue weighted by Crippen LogP contribution is -2.28. The minimum atomic E-state index is -0.276. The number of hydrogen-bond donors (Lipinski definition) is 3. The van der Waals surface area contributed by atoms with Gasteiger partial charge in [-0.3, -0.25) is 9.89 Å². The average molecular weight is 246 g/mol. The van der Waals surface area contributed by atoms with Crippen molar-refractivity contribution in [3.05, 3.63) is 41.5 Å². The quantitative estimate of drug-likeness (QED) is 0.761. The minimum Gasteiger partial charge on any atom is -0.508 e. The number of amides is 1. The molecule has 94 valence electrons. The standard InChI is InChI=1S/C12H14N4O2/c1-7-9(4-3-5-10(7)17)12(18)15-8(2)11-13-6-14-16-11/h3-6,8,17H,1-2H3,(H,15,18)(H,13,14,16). The van der Waals surface area contributed by atoms with Gasteiger partial charge in [-0.15, -0.1) is 0 Å². The molecule has 0 fully saturated rings. The van der Waals surface area contributed by atoms with Crippen molar-refractivity contribution in [1.29, 1.82) is 0 Å². The third kappa shape index (κ3) is 2.32. The van der Waals surface area contributed by atoms with Gasteiger partial charge in [0.25, 0.3) is 5.91 Å². The molecule has 6 heteroatoms. The van der Waals surface area contributed by atoms with Crippen LogP contribution < -0.4 is 5.32 Å². The van der Waals surface area contributed by atoms with Gasteiger partial charge in [0.1, 0.15) is 17.9 Å². The highest BCUT2D eigenvalue weighted by atomic mass is 16.3. The third-order valence-corrected chi connectivity index (χ3v) is 2.74. The van der Waals surface area contributed by atoms with Crippen LogP contribution in [0.5, 0.6) is 5.75 Å². The van der Waals surface area contributed by atoms with Gasteiger partial charge in [0, 0.05) is 11.1 Å². The summed E-state index contributed by atoms with van der Waals surface area (Å²) in [5.41, 5.74) is 1.00. The zero-order chi connectivity index (χ0) is 13.1. The number of carbonyl (C=O) groups is 1. The van der Waals surface area contributed by atoms with Gasteiger partial charge in [0.2, 0.25) is 0 Å². The molecule has 2 aromatic rings. The predicted octanol–water partition coefficient (Wildman–Crippen LogP) is 1.31. The van der Waals surface area contributed by atoms with Crippen LogP contribution in [0, 0.1) is 6.92 Å². The second-order valence-electron chi connectivity index (χ2n) is 4.02. The molecule has 6 nitrogen and oxygen atoms in total. The zero-order valence-corrected chi connectivity index (χ0v) is 10.1. The Morgan fingerprint density at radius 2 is 2.28 bits per heavy atom. The summed E-state index contributed by atoms with van der Waals surface area (Å²) in [7, 11) is 0. The van der Waals surface area contributed by atoms with Gasteiger partial charge in [-0.2, -0.15) is 5.10 Å². The molecule has 2 rings (SSSR count). The summed E-state index contributed by atoms with van der Waals surface area (Å²) < 4.78 is 0. The van der Waals surface area contributed by atoms with E-state index >= 15 is 0 Å². The van der Waals surface area contributed by atoms with E-state index in [4.69, 9.17) is 0 Å². The number of phenolic OH excluding ortho intramolecular Hbond substituents is 1. The first-order valence-electron chi connectivity index (χ1n) is 5.54. The first-order valence-corrected chi connectivity index (χ1v) is 5.54. The number of nitrogens with zero attached hydrogens (tertiary/aromatic N) is 2. The summed E-state index contributed by atoms with van der Waals surface area (Å²) in [6.45, 7) is 3.50. The van der Waals surface area contributed by atoms with Crippen molar-refractivity contribution >= 4 is 5.91 Å². The molecule has 0 saturated carbocycles. The molecule has 18 heavy (non-hydrogen) atoms. The molecule has 1 heterocycles. The molecule has 0 aliphatic heterocycles. The van der Waals surface area contributed by atoms with Crippen LogP contribution in [0.4, 0.5) is 0 Å². The highest BCUT2D eigenvalue weighted by molar-refractivity contribution is 5.96. The molecule has 0 radical (unpaired) electrons. The summed E-state index contributed by atoms with van der Waals surface area (Å²) in [6.07, 6.45) is 1.39. The van der Waals surface area contributed by atoms with E-state index in [1.807, 2.05) is 0 Å². The number of carbonyl (C=O) groups excluding carboxylic acids is 1. The van der Waals surface area contributed by atoms with Crippen LogP contribution in [-0.4, -0.2) is 26.2 Å². The van der Waals surface area contributed by atoms with Crippen molar-refractivity contribution in [2.75, 3.05) is 0 Å². The van der Waals surface area contributed by atoms with Gasteiger partial charge < -0.3 is 10.4 Å². The molecular formula is C12H14N4O2. The number of nitrogens with one attached hydrogen (secondary N) is 2. The number of hydrogen-bond acceptors (Lipinski definition) is 4. The van der Waals surface area contributed by atoms with Gasteiger partial charge in [-0.1, -0.05) is 6.07 Å². The molecule has 0 spiro atoms. The van der Waals surface area contributed by atoms with Crippen molar-refractivity contribution in [2.24, 2.45) is 0 Å². The monoisotopic (exact) mass is 246 g/mol. The smallest absolute Gasteiger partial charge is 0.252 e. The number of benzene rings is 1. The van der Waals surface area contributed by atoms with Crippen molar-refractivity contribution in [3.63, 3.8) is 0 Å². The summed E-state index contributed by atoms with van der Waals surface area (Å²) >= 11 is 0. The number of aromatic hydroxyl groups is 1. The first kappa shape index (κ1) is 12.1. The molecule has 1 aromatic heterocycles. The highest BCUT2D eigenvalue weighted by Crippen LogP contribution is 2.20. The fourth-order valence-corrected chi connectivity index (χ4v) is 1.64. The molecule has 0 aliphatic carbocycles. The van der Waals surface area contributed by atoms with Crippen molar-refractivity contribution in [2.45, 2.75) is 19.9 Å². The highest BCUT2D eigenvalue weighted by Gasteiger charge is 2.16. The molecule has 3 N–H and O–H groups in total. The summed E-state index contributed by atoms with van der Waals surface area (Å²) in [5.74, 6) is 0.434. The van der Waals surface area contributed by atoms with Crippen LogP contribution >= 0.6 is 0 Å². The van der Waals surface area contributed by atoms with E-state index in [-0.39, 0.29) is 17.7 Å². The molecule has 0 aliphatic rings. The van der Waals surface area contributed by atoms with Gasteiger partial charge >= 0.3 is 0 Å². The van der Waals surface area contributed by atoms with Crippen LogP contribution in [0.15, 0.2) is 24.5 Å². The Morgan fingerprint density at radius 1 is 1.50 bits per heavy atom. The summed E-state index contributed by atoms with van der Waals surface area (Å²) in [5, 5.41) is 18.8. The summed E-state index contributed by atoms with van der Waals surface area (Å²) in [4.78, 5) is 16.0. The maximum absolute atomic E-state index is 12.0. The Balaban J connectivity index is 2.15. The molecule has 1 atom stereocenters. The molecule has 1 amide bonds. The molecular weight excluding hydrogens is 232 g/mol. The molecule has 1 unspecified atom stereocenters. The van der Waals surface area contributed by atoms with E-state index in [0.29, 0.717) is 17.0 Å². The largest absolute Gasteiger partial charge is 0.508 e. The van der Waals surface area contributed by atoms with Gasteiger partial charge in [-0.25, -0.2) is 4.98 Å². The van der Waals surface area contributed by atoms with Crippen LogP contribution in [0.1, 0.15) is 34.7 Å². The zero-order valence-electron chi connectivity index (χ0n) is 10.1. The lowest BCUT2D eigenvalue weighted by molar-refractivity contribution is 0.0937. The Kier molecular flexibility index (Phi) is 3.27. The maximum atomic E-state index is 12.0. The fraction of sp³-hybridized carbons (Fsp3) is 0.250. The van der Waals surface area contributed by atoms with Crippen LogP contribution in [0.3, 0.4) is 0 Å². The Labute approximate surface area is 104 Å². The molecule has 0 saturated heterocycles. The Morgan fingerprint density at radius 3 is 2.94 bits per heavy atom. The lowest BCUT2D eigenvalue weighted by Gasteiger charge is -2.12. The number of aromatic nitrogens is 3. The first-order chi connectivity index (χ1) is 8.59. The topological polar surface area (TPSA) is 90.9 Å². The second kappa shape index (κ2) is 4.87. The maximum Gasteiger partial charge on any atom is 0.252 e. The second-order valence-corrected chi connectivity index (χ2v) is 4.02.